The highest BCUT2D eigenvalue weighted by atomic mass is 16.5. The largest absolute Gasteiger partial charge is 0.496 e. The first-order valence-corrected chi connectivity index (χ1v) is 7.13. The second-order valence-electron chi connectivity index (χ2n) is 5.44. The molecule has 22 heavy (non-hydrogen) atoms. The molecule has 6 heteroatoms. The van der Waals surface area contributed by atoms with Crippen molar-refractivity contribution in [2.24, 2.45) is 11.7 Å². The van der Waals surface area contributed by atoms with Crippen LogP contribution in [0.2, 0.25) is 0 Å². The van der Waals surface area contributed by atoms with Gasteiger partial charge in [-0.05, 0) is 18.1 Å². The number of aromatic nitrogens is 1. The minimum absolute atomic E-state index is 0.115. The molecule has 0 radical (unpaired) electrons. The van der Waals surface area contributed by atoms with Crippen LogP contribution in [-0.4, -0.2) is 24.0 Å². The van der Waals surface area contributed by atoms with Gasteiger partial charge in [-0.2, -0.15) is 0 Å². The number of ether oxygens (including phenoxy) is 1. The Morgan fingerprint density at radius 3 is 2.82 bits per heavy atom. The molecule has 0 fully saturated rings. The fraction of sp³-hybridized carbons (Fsp3) is 0.375. The zero-order valence-corrected chi connectivity index (χ0v) is 13.0. The lowest BCUT2D eigenvalue weighted by atomic mass is 10.0. The lowest BCUT2D eigenvalue weighted by Crippen LogP contribution is -2.31. The number of nitrogens with two attached hydrogens (primary N) is 1. The third kappa shape index (κ3) is 3.85. The first-order chi connectivity index (χ1) is 10.5. The Hall–Kier alpha value is -2.34. The Bertz CT molecular complexity index is 624. The molecular weight excluding hydrogens is 282 g/mol. The van der Waals surface area contributed by atoms with E-state index in [0.717, 1.165) is 5.56 Å². The van der Waals surface area contributed by atoms with Crippen molar-refractivity contribution < 1.29 is 13.9 Å². The van der Waals surface area contributed by atoms with E-state index in [-0.39, 0.29) is 24.3 Å². The molecule has 0 unspecified atom stereocenters. The molecule has 3 N–H and O–H groups in total. The van der Waals surface area contributed by atoms with Crippen LogP contribution in [0.3, 0.4) is 0 Å². The Labute approximate surface area is 129 Å². The molecule has 118 valence electrons. The predicted molar refractivity (Wildman–Crippen MR) is 84.6 cm³/mol. The fourth-order valence-electron chi connectivity index (χ4n) is 1.98. The summed E-state index contributed by atoms with van der Waals surface area (Å²) in [4.78, 5) is 15.9. The molecule has 0 saturated carbocycles. The summed E-state index contributed by atoms with van der Waals surface area (Å²) in [6, 6.07) is 5.20. The molecule has 1 aromatic heterocycles. The topological polar surface area (TPSA) is 90.4 Å². The van der Waals surface area contributed by atoms with Gasteiger partial charge in [0.1, 0.15) is 5.75 Å². The molecule has 1 amide bonds. The molecule has 0 spiro atoms. The number of anilines is 1. The van der Waals surface area contributed by atoms with Gasteiger partial charge in [-0.25, -0.2) is 4.98 Å². The molecule has 1 atom stereocenters. The van der Waals surface area contributed by atoms with E-state index in [9.17, 15) is 4.79 Å². The van der Waals surface area contributed by atoms with E-state index in [0.29, 0.717) is 17.2 Å². The molecule has 2 aromatic rings. The molecule has 0 saturated heterocycles. The number of amides is 1. The minimum Gasteiger partial charge on any atom is -0.496 e. The van der Waals surface area contributed by atoms with Crippen molar-refractivity contribution in [1.29, 1.82) is 0 Å². The quantitative estimate of drug-likeness (QED) is 0.856. The van der Waals surface area contributed by atoms with Gasteiger partial charge in [-0.3, -0.25) is 4.79 Å². The van der Waals surface area contributed by atoms with E-state index in [2.05, 4.69) is 10.3 Å². The highest BCUT2D eigenvalue weighted by Crippen LogP contribution is 2.32. The monoisotopic (exact) mass is 303 g/mol. The smallest absolute Gasteiger partial charge is 0.225 e. The van der Waals surface area contributed by atoms with Gasteiger partial charge in [0, 0.05) is 24.2 Å². The molecule has 2 rings (SSSR count). The van der Waals surface area contributed by atoms with Crippen LogP contribution < -0.4 is 15.8 Å². The van der Waals surface area contributed by atoms with Crippen molar-refractivity contribution in [3.05, 3.63) is 30.8 Å². The van der Waals surface area contributed by atoms with Crippen LogP contribution in [-0.2, 0) is 4.79 Å². The van der Waals surface area contributed by atoms with Crippen LogP contribution >= 0.6 is 0 Å². The van der Waals surface area contributed by atoms with Crippen LogP contribution in [0.5, 0.6) is 5.75 Å². The molecule has 0 aliphatic rings. The fourth-order valence-corrected chi connectivity index (χ4v) is 1.98. The molecule has 0 bridgehead atoms. The lowest BCUT2D eigenvalue weighted by Gasteiger charge is -2.15. The summed E-state index contributed by atoms with van der Waals surface area (Å²) in [7, 11) is 1.56. The second-order valence-corrected chi connectivity index (χ2v) is 5.44. The maximum atomic E-state index is 12.0. The number of oxazole rings is 1. The standard InChI is InChI=1S/C16H21N3O3/c1-10(2)13(17)7-16(20)19-11-4-5-12(14(6-11)21-3)15-8-18-9-22-15/h4-6,8-10,13H,7,17H2,1-3H3,(H,19,20)/t13-/m1/s1. The number of nitrogens with one attached hydrogen (secondary N) is 1. The van der Waals surface area contributed by atoms with Gasteiger partial charge in [0.05, 0.1) is 18.9 Å². The highest BCUT2D eigenvalue weighted by molar-refractivity contribution is 5.91. The number of carbonyl (C=O) groups is 1. The number of nitrogens with zero attached hydrogens (tertiary/aromatic N) is 1. The molecule has 1 aromatic carbocycles. The van der Waals surface area contributed by atoms with E-state index < -0.39 is 0 Å². The van der Waals surface area contributed by atoms with Crippen molar-refractivity contribution in [1.82, 2.24) is 4.98 Å². The number of methoxy groups -OCH3 is 1. The summed E-state index contributed by atoms with van der Waals surface area (Å²) >= 11 is 0. The van der Waals surface area contributed by atoms with Crippen molar-refractivity contribution in [2.75, 3.05) is 12.4 Å². The number of hydrogen-bond acceptors (Lipinski definition) is 5. The minimum atomic E-state index is -0.157. The zero-order valence-electron chi connectivity index (χ0n) is 13.0. The van der Waals surface area contributed by atoms with E-state index in [1.54, 1.807) is 25.4 Å². The maximum absolute atomic E-state index is 12.0. The van der Waals surface area contributed by atoms with Crippen LogP contribution in [0, 0.1) is 5.92 Å². The zero-order chi connectivity index (χ0) is 16.1. The van der Waals surface area contributed by atoms with Gasteiger partial charge < -0.3 is 20.2 Å². The molecule has 0 aliphatic heterocycles. The number of hydrogen-bond donors (Lipinski definition) is 2. The van der Waals surface area contributed by atoms with Crippen LogP contribution in [0.4, 0.5) is 5.69 Å². The Morgan fingerprint density at radius 2 is 2.23 bits per heavy atom. The van der Waals surface area contributed by atoms with Gasteiger partial charge in [0.2, 0.25) is 5.91 Å². The summed E-state index contributed by atoms with van der Waals surface area (Å²) in [5.74, 6) is 1.35. The Balaban J connectivity index is 2.11. The molecular formula is C16H21N3O3. The van der Waals surface area contributed by atoms with Gasteiger partial charge in [-0.15, -0.1) is 0 Å². The summed E-state index contributed by atoms with van der Waals surface area (Å²) in [6.07, 6.45) is 3.25. The van der Waals surface area contributed by atoms with Crippen molar-refractivity contribution in [3.63, 3.8) is 0 Å². The summed E-state index contributed by atoms with van der Waals surface area (Å²) < 4.78 is 10.6. The second kappa shape index (κ2) is 7.09. The SMILES string of the molecule is COc1cc(NC(=O)C[C@@H](N)C(C)C)ccc1-c1cnco1. The van der Waals surface area contributed by atoms with E-state index >= 15 is 0 Å². The number of carbonyl (C=O) groups excluding carboxylic acids is 1. The first kappa shape index (κ1) is 16.0. The van der Waals surface area contributed by atoms with Crippen LogP contribution in [0.1, 0.15) is 20.3 Å². The predicted octanol–water partition coefficient (Wildman–Crippen LogP) is 2.66. The van der Waals surface area contributed by atoms with E-state index in [4.69, 9.17) is 14.9 Å². The Kier molecular flexibility index (Phi) is 5.16. The summed E-state index contributed by atoms with van der Waals surface area (Å²) in [5, 5.41) is 2.83. The van der Waals surface area contributed by atoms with Crippen LogP contribution in [0.25, 0.3) is 11.3 Å². The van der Waals surface area contributed by atoms with E-state index in [1.165, 1.54) is 6.39 Å². The lowest BCUT2D eigenvalue weighted by molar-refractivity contribution is -0.116. The summed E-state index contributed by atoms with van der Waals surface area (Å²) in [6.45, 7) is 3.99. The van der Waals surface area contributed by atoms with Gasteiger partial charge in [-0.1, -0.05) is 13.8 Å². The number of rotatable bonds is 6. The molecule has 1 heterocycles. The van der Waals surface area contributed by atoms with Crippen LogP contribution in [0.15, 0.2) is 35.2 Å². The van der Waals surface area contributed by atoms with Gasteiger partial charge in [0.25, 0.3) is 0 Å². The van der Waals surface area contributed by atoms with E-state index in [1.807, 2.05) is 19.9 Å². The van der Waals surface area contributed by atoms with Crippen molar-refractivity contribution >= 4 is 11.6 Å². The normalized spacial score (nSPS) is 12.2. The summed E-state index contributed by atoms with van der Waals surface area (Å²) in [5.41, 5.74) is 7.34. The average Bonchev–Trinajstić information content (AvgIpc) is 3.00. The Morgan fingerprint density at radius 1 is 1.45 bits per heavy atom. The van der Waals surface area contributed by atoms with Crippen molar-refractivity contribution in [2.45, 2.75) is 26.3 Å². The third-order valence-electron chi connectivity index (χ3n) is 3.46. The molecule has 0 aliphatic carbocycles. The first-order valence-electron chi connectivity index (χ1n) is 7.13. The number of benzene rings is 1. The average molecular weight is 303 g/mol. The van der Waals surface area contributed by atoms with Gasteiger partial charge >= 0.3 is 0 Å². The third-order valence-corrected chi connectivity index (χ3v) is 3.46. The highest BCUT2D eigenvalue weighted by Gasteiger charge is 2.15. The maximum Gasteiger partial charge on any atom is 0.225 e. The molecule has 6 nitrogen and oxygen atoms in total. The van der Waals surface area contributed by atoms with Crippen molar-refractivity contribution in [3.8, 4) is 17.1 Å². The van der Waals surface area contributed by atoms with Gasteiger partial charge in [0.15, 0.2) is 12.2 Å².